The van der Waals surface area contributed by atoms with Gasteiger partial charge in [-0.3, -0.25) is 0 Å². The van der Waals surface area contributed by atoms with Crippen LogP contribution in [0.4, 0.5) is 0 Å². The molecule has 23 heavy (non-hydrogen) atoms. The summed E-state index contributed by atoms with van der Waals surface area (Å²) in [5, 5.41) is 4.80. The molecule has 0 radical (unpaired) electrons. The molecule has 2 aromatic rings. The molecule has 0 N–H and O–H groups in total. The predicted octanol–water partition coefficient (Wildman–Crippen LogP) is 5.01. The zero-order valence-electron chi connectivity index (χ0n) is 14.6. The van der Waals surface area contributed by atoms with Gasteiger partial charge in [0.25, 0.3) is 0 Å². The number of benzene rings is 1. The molecule has 0 bridgehead atoms. The van der Waals surface area contributed by atoms with Crippen molar-refractivity contribution in [2.24, 2.45) is 0 Å². The Hall–Kier alpha value is -2.29. The van der Waals surface area contributed by atoms with Crippen LogP contribution in [0, 0.1) is 13.8 Å². The number of hydrogen-bond donors (Lipinski definition) is 0. The highest BCUT2D eigenvalue weighted by Gasteiger charge is 2.21. The van der Waals surface area contributed by atoms with E-state index in [1.54, 1.807) is 7.11 Å². The number of aryl methyl sites for hydroxylation is 1. The van der Waals surface area contributed by atoms with Gasteiger partial charge >= 0.3 is 0 Å². The lowest BCUT2D eigenvalue weighted by atomic mass is 9.87. The third kappa shape index (κ3) is 2.72. The molecular formula is C20H24N2O. The molecule has 1 aromatic heterocycles. The maximum atomic E-state index is 5.34. The van der Waals surface area contributed by atoms with Crippen molar-refractivity contribution in [3.05, 3.63) is 58.4 Å². The van der Waals surface area contributed by atoms with Crippen LogP contribution in [-0.4, -0.2) is 16.9 Å². The van der Waals surface area contributed by atoms with Gasteiger partial charge in [0.1, 0.15) is 5.75 Å². The lowest BCUT2D eigenvalue weighted by molar-refractivity contribution is 0.414. The molecule has 0 atom stereocenters. The second-order valence-electron chi connectivity index (χ2n) is 6.24. The summed E-state index contributed by atoms with van der Waals surface area (Å²) in [6.45, 7) is 8.70. The summed E-state index contributed by atoms with van der Waals surface area (Å²) < 4.78 is 7.37. The maximum Gasteiger partial charge on any atom is 0.121 e. The summed E-state index contributed by atoms with van der Waals surface area (Å²) in [6.07, 6.45) is 4.61. The normalized spacial score (nSPS) is 14.9. The fraction of sp³-hybridized carbons (Fsp3) is 0.350. The van der Waals surface area contributed by atoms with Gasteiger partial charge in [0.05, 0.1) is 18.5 Å². The Labute approximate surface area is 138 Å². The molecule has 3 rings (SSSR count). The quantitative estimate of drug-likeness (QED) is 0.797. The predicted molar refractivity (Wildman–Crippen MR) is 95.2 cm³/mol. The van der Waals surface area contributed by atoms with Gasteiger partial charge < -0.3 is 4.74 Å². The minimum Gasteiger partial charge on any atom is -0.497 e. The van der Waals surface area contributed by atoms with E-state index in [1.807, 2.05) is 22.9 Å². The standard InChI is InChI=1S/C20H24N2O/c1-13-8-6-9-14(2)19(13)20-15(3)21-22(16(20)4)17-10-7-11-18(12-17)23-5/h7-8,10-12H,6,9H2,1-5H3. The SMILES string of the molecule is COc1cccc(-n2nc(C)c(C3=C(C)CCC=C3C)c2C)c1. The zero-order valence-corrected chi connectivity index (χ0v) is 14.6. The van der Waals surface area contributed by atoms with Gasteiger partial charge in [0, 0.05) is 17.3 Å². The molecule has 1 aliphatic carbocycles. The Balaban J connectivity index is 2.15. The highest BCUT2D eigenvalue weighted by atomic mass is 16.5. The van der Waals surface area contributed by atoms with E-state index in [1.165, 1.54) is 28.0 Å². The average Bonchev–Trinajstić information content (AvgIpc) is 2.83. The smallest absolute Gasteiger partial charge is 0.121 e. The third-order valence-corrected chi connectivity index (χ3v) is 4.63. The first kappa shape index (κ1) is 15.6. The van der Waals surface area contributed by atoms with E-state index in [0.29, 0.717) is 0 Å². The molecule has 1 aliphatic rings. The largest absolute Gasteiger partial charge is 0.497 e. The summed E-state index contributed by atoms with van der Waals surface area (Å²) in [4.78, 5) is 0. The van der Waals surface area contributed by atoms with Crippen LogP contribution in [0.25, 0.3) is 11.3 Å². The van der Waals surface area contributed by atoms with Crippen molar-refractivity contribution in [3.63, 3.8) is 0 Å². The van der Waals surface area contributed by atoms with Crippen LogP contribution in [0.2, 0.25) is 0 Å². The van der Waals surface area contributed by atoms with Crippen molar-refractivity contribution >= 4 is 5.57 Å². The molecule has 1 heterocycles. The Bertz CT molecular complexity index is 809. The number of methoxy groups -OCH3 is 1. The fourth-order valence-electron chi connectivity index (χ4n) is 3.48. The van der Waals surface area contributed by atoms with E-state index in [-0.39, 0.29) is 0 Å². The highest BCUT2D eigenvalue weighted by molar-refractivity contribution is 5.84. The Kier molecular flexibility index (Phi) is 4.12. The Morgan fingerprint density at radius 1 is 1.13 bits per heavy atom. The number of allylic oxidation sites excluding steroid dienone is 4. The average molecular weight is 308 g/mol. The van der Waals surface area contributed by atoms with Crippen molar-refractivity contribution < 1.29 is 4.74 Å². The summed E-state index contributed by atoms with van der Waals surface area (Å²) in [5.41, 5.74) is 8.77. The van der Waals surface area contributed by atoms with Crippen LogP contribution >= 0.6 is 0 Å². The lowest BCUT2D eigenvalue weighted by Gasteiger charge is -2.18. The van der Waals surface area contributed by atoms with Crippen LogP contribution in [0.5, 0.6) is 5.75 Å². The third-order valence-electron chi connectivity index (χ3n) is 4.63. The molecule has 0 fully saturated rings. The number of nitrogens with zero attached hydrogens (tertiary/aromatic N) is 2. The monoisotopic (exact) mass is 308 g/mol. The van der Waals surface area contributed by atoms with E-state index >= 15 is 0 Å². The maximum absolute atomic E-state index is 5.34. The first-order chi connectivity index (χ1) is 11.0. The highest BCUT2D eigenvalue weighted by Crippen LogP contribution is 2.36. The van der Waals surface area contributed by atoms with Gasteiger partial charge in [-0.15, -0.1) is 0 Å². The molecular weight excluding hydrogens is 284 g/mol. The minimum atomic E-state index is 0.848. The fourth-order valence-corrected chi connectivity index (χ4v) is 3.48. The van der Waals surface area contributed by atoms with E-state index < -0.39 is 0 Å². The molecule has 0 unspecified atom stereocenters. The van der Waals surface area contributed by atoms with Gasteiger partial charge in [-0.1, -0.05) is 17.7 Å². The minimum absolute atomic E-state index is 0.848. The second kappa shape index (κ2) is 6.07. The molecule has 3 heteroatoms. The molecule has 1 aromatic carbocycles. The molecule has 0 saturated heterocycles. The van der Waals surface area contributed by atoms with Crippen LogP contribution in [-0.2, 0) is 0 Å². The van der Waals surface area contributed by atoms with Crippen molar-refractivity contribution in [1.29, 1.82) is 0 Å². The van der Waals surface area contributed by atoms with Crippen LogP contribution in [0.3, 0.4) is 0 Å². The lowest BCUT2D eigenvalue weighted by Crippen LogP contribution is -2.02. The first-order valence-corrected chi connectivity index (χ1v) is 8.11. The second-order valence-corrected chi connectivity index (χ2v) is 6.24. The van der Waals surface area contributed by atoms with E-state index in [2.05, 4.69) is 39.8 Å². The molecule has 0 spiro atoms. The van der Waals surface area contributed by atoms with Gasteiger partial charge in [0.2, 0.25) is 0 Å². The summed E-state index contributed by atoms with van der Waals surface area (Å²) in [6, 6.07) is 8.04. The van der Waals surface area contributed by atoms with Crippen LogP contribution in [0.15, 0.2) is 41.5 Å². The zero-order chi connectivity index (χ0) is 16.6. The van der Waals surface area contributed by atoms with Crippen LogP contribution < -0.4 is 4.74 Å². The Morgan fingerprint density at radius 2 is 1.91 bits per heavy atom. The number of aromatic nitrogens is 2. The topological polar surface area (TPSA) is 27.1 Å². The van der Waals surface area contributed by atoms with E-state index in [0.717, 1.165) is 30.0 Å². The summed E-state index contributed by atoms with van der Waals surface area (Å²) in [5.74, 6) is 0.848. The van der Waals surface area contributed by atoms with Gasteiger partial charge in [-0.25, -0.2) is 4.68 Å². The van der Waals surface area contributed by atoms with Crippen molar-refractivity contribution in [2.45, 2.75) is 40.5 Å². The molecule has 3 nitrogen and oxygen atoms in total. The Morgan fingerprint density at radius 3 is 2.61 bits per heavy atom. The number of rotatable bonds is 3. The van der Waals surface area contributed by atoms with Crippen molar-refractivity contribution in [3.8, 4) is 11.4 Å². The van der Waals surface area contributed by atoms with Gasteiger partial charge in [0.15, 0.2) is 0 Å². The number of ether oxygens (including phenoxy) is 1. The first-order valence-electron chi connectivity index (χ1n) is 8.11. The van der Waals surface area contributed by atoms with Crippen molar-refractivity contribution in [2.75, 3.05) is 7.11 Å². The molecule has 0 saturated carbocycles. The van der Waals surface area contributed by atoms with Gasteiger partial charge in [-0.05, 0) is 63.8 Å². The molecule has 0 aliphatic heterocycles. The van der Waals surface area contributed by atoms with Crippen molar-refractivity contribution in [1.82, 2.24) is 9.78 Å². The molecule has 0 amide bonds. The molecule has 120 valence electrons. The summed E-state index contributed by atoms with van der Waals surface area (Å²) in [7, 11) is 1.69. The summed E-state index contributed by atoms with van der Waals surface area (Å²) >= 11 is 0. The van der Waals surface area contributed by atoms with E-state index in [4.69, 9.17) is 9.84 Å². The van der Waals surface area contributed by atoms with Crippen LogP contribution in [0.1, 0.15) is 43.6 Å². The van der Waals surface area contributed by atoms with Gasteiger partial charge in [-0.2, -0.15) is 5.10 Å². The van der Waals surface area contributed by atoms with E-state index in [9.17, 15) is 0 Å². The number of hydrogen-bond acceptors (Lipinski definition) is 2.